The molecule has 0 spiro atoms. The van der Waals surface area contributed by atoms with Crippen LogP contribution in [0.3, 0.4) is 0 Å². The largest absolute Gasteiger partial charge is 0.491 e. The van der Waals surface area contributed by atoms with Crippen molar-refractivity contribution in [3.05, 3.63) is 58.1 Å². The zero-order valence-electron chi connectivity index (χ0n) is 15.6. The first-order chi connectivity index (χ1) is 13.5. The van der Waals surface area contributed by atoms with Crippen LogP contribution >= 0.6 is 15.9 Å². The number of hydrogen-bond donors (Lipinski definition) is 1. The first-order valence-corrected chi connectivity index (χ1v) is 9.85. The van der Waals surface area contributed by atoms with Crippen LogP contribution in [0.25, 0.3) is 0 Å². The minimum atomic E-state index is -0.367. The van der Waals surface area contributed by atoms with Gasteiger partial charge in [-0.05, 0) is 42.7 Å². The highest BCUT2D eigenvalue weighted by atomic mass is 79.9. The van der Waals surface area contributed by atoms with Crippen molar-refractivity contribution in [2.75, 3.05) is 25.6 Å². The van der Waals surface area contributed by atoms with Crippen LogP contribution < -0.4 is 10.1 Å². The van der Waals surface area contributed by atoms with Gasteiger partial charge in [0.05, 0.1) is 19.6 Å². The van der Waals surface area contributed by atoms with E-state index in [1.54, 1.807) is 30.3 Å². The van der Waals surface area contributed by atoms with Gasteiger partial charge in [-0.2, -0.15) is 0 Å². The van der Waals surface area contributed by atoms with Crippen LogP contribution in [0.4, 0.5) is 5.69 Å². The predicted octanol–water partition coefficient (Wildman–Crippen LogP) is 3.97. The summed E-state index contributed by atoms with van der Waals surface area (Å²) in [6.45, 7) is 1.23. The number of carbonyl (C=O) groups excluding carboxylic acids is 2. The van der Waals surface area contributed by atoms with Gasteiger partial charge in [0.15, 0.2) is 0 Å². The van der Waals surface area contributed by atoms with Crippen LogP contribution in [0, 0.1) is 0 Å². The Labute approximate surface area is 172 Å². The maximum absolute atomic E-state index is 12.8. The van der Waals surface area contributed by atoms with Crippen molar-refractivity contribution in [3.8, 4) is 5.75 Å². The van der Waals surface area contributed by atoms with E-state index in [9.17, 15) is 9.59 Å². The first-order valence-electron chi connectivity index (χ1n) is 9.06. The Hall–Kier alpha value is -2.38. The summed E-state index contributed by atoms with van der Waals surface area (Å²) in [6.07, 6.45) is 2.21. The van der Waals surface area contributed by atoms with Gasteiger partial charge < -0.3 is 19.5 Å². The van der Waals surface area contributed by atoms with Crippen LogP contribution in [-0.2, 0) is 20.7 Å². The van der Waals surface area contributed by atoms with Gasteiger partial charge in [0.2, 0.25) is 0 Å². The molecule has 1 amide bonds. The molecule has 1 fully saturated rings. The quantitative estimate of drug-likeness (QED) is 0.649. The third-order valence-electron chi connectivity index (χ3n) is 4.42. The highest BCUT2D eigenvalue weighted by Gasteiger charge is 2.17. The summed E-state index contributed by atoms with van der Waals surface area (Å²) in [5.74, 6) is -0.0626. The van der Waals surface area contributed by atoms with Gasteiger partial charge in [-0.1, -0.05) is 34.1 Å². The highest BCUT2D eigenvalue weighted by Crippen LogP contribution is 2.24. The molecule has 7 heteroatoms. The predicted molar refractivity (Wildman–Crippen MR) is 109 cm³/mol. The van der Waals surface area contributed by atoms with Crippen molar-refractivity contribution >= 4 is 33.5 Å². The topological polar surface area (TPSA) is 73.9 Å². The average molecular weight is 448 g/mol. The van der Waals surface area contributed by atoms with Gasteiger partial charge in [0.1, 0.15) is 12.4 Å². The van der Waals surface area contributed by atoms with E-state index < -0.39 is 0 Å². The molecule has 0 bridgehead atoms. The van der Waals surface area contributed by atoms with Crippen molar-refractivity contribution in [2.24, 2.45) is 0 Å². The fraction of sp³-hybridized carbons (Fsp3) is 0.333. The minimum Gasteiger partial charge on any atom is -0.491 e. The lowest BCUT2D eigenvalue weighted by Gasteiger charge is -2.14. The lowest BCUT2D eigenvalue weighted by Crippen LogP contribution is -2.17. The van der Waals surface area contributed by atoms with E-state index in [1.165, 1.54) is 7.11 Å². The van der Waals surface area contributed by atoms with Crippen LogP contribution in [0.2, 0.25) is 0 Å². The van der Waals surface area contributed by atoms with Crippen molar-refractivity contribution in [3.63, 3.8) is 0 Å². The maximum atomic E-state index is 12.8. The molecular weight excluding hydrogens is 426 g/mol. The fourth-order valence-electron chi connectivity index (χ4n) is 2.96. The van der Waals surface area contributed by atoms with Gasteiger partial charge in [0, 0.05) is 22.3 Å². The Kier molecular flexibility index (Phi) is 7.06. The van der Waals surface area contributed by atoms with Crippen molar-refractivity contribution in [1.29, 1.82) is 0 Å². The molecule has 28 heavy (non-hydrogen) atoms. The van der Waals surface area contributed by atoms with Gasteiger partial charge in [0.25, 0.3) is 5.91 Å². The number of nitrogens with one attached hydrogen (secondary N) is 1. The van der Waals surface area contributed by atoms with Crippen LogP contribution in [0.5, 0.6) is 5.75 Å². The number of anilines is 1. The summed E-state index contributed by atoms with van der Waals surface area (Å²) in [7, 11) is 1.34. The molecule has 6 nitrogen and oxygen atoms in total. The fourth-order valence-corrected chi connectivity index (χ4v) is 3.43. The lowest BCUT2D eigenvalue weighted by molar-refractivity contribution is -0.139. The summed E-state index contributed by atoms with van der Waals surface area (Å²) >= 11 is 3.42. The molecule has 2 aromatic rings. The molecule has 1 N–H and O–H groups in total. The summed E-state index contributed by atoms with van der Waals surface area (Å²) < 4.78 is 16.8. The maximum Gasteiger partial charge on any atom is 0.310 e. The summed E-state index contributed by atoms with van der Waals surface area (Å²) in [5, 5.41) is 2.86. The Morgan fingerprint density at radius 1 is 1.25 bits per heavy atom. The van der Waals surface area contributed by atoms with Crippen LogP contribution in [-0.4, -0.2) is 38.3 Å². The third-order valence-corrected chi connectivity index (χ3v) is 4.88. The molecule has 2 aromatic carbocycles. The number of para-hydroxylation sites is 1. The molecule has 0 unspecified atom stereocenters. The van der Waals surface area contributed by atoms with Gasteiger partial charge in [-0.3, -0.25) is 9.59 Å². The molecule has 1 heterocycles. The van der Waals surface area contributed by atoms with E-state index in [2.05, 4.69) is 21.2 Å². The molecule has 1 aliphatic rings. The summed E-state index contributed by atoms with van der Waals surface area (Å²) in [4.78, 5) is 24.3. The molecule has 148 valence electrons. The number of methoxy groups -OCH3 is 1. The average Bonchev–Trinajstić information content (AvgIpc) is 3.21. The SMILES string of the molecule is COC(=O)Cc1ccccc1NC(=O)c1cc(Br)cc(OC[C@@H]2CCCO2)c1. The van der Waals surface area contributed by atoms with Gasteiger partial charge in [-0.25, -0.2) is 0 Å². The van der Waals surface area contributed by atoms with E-state index in [0.717, 1.165) is 23.9 Å². The van der Waals surface area contributed by atoms with Crippen molar-refractivity contribution in [2.45, 2.75) is 25.4 Å². The second kappa shape index (κ2) is 9.71. The summed E-state index contributed by atoms with van der Waals surface area (Å²) in [6, 6.07) is 12.4. The minimum absolute atomic E-state index is 0.0845. The molecule has 0 radical (unpaired) electrons. The molecule has 1 saturated heterocycles. The zero-order chi connectivity index (χ0) is 19.9. The highest BCUT2D eigenvalue weighted by molar-refractivity contribution is 9.10. The second-order valence-electron chi connectivity index (χ2n) is 6.49. The first kappa shape index (κ1) is 20.4. The monoisotopic (exact) mass is 447 g/mol. The Balaban J connectivity index is 1.71. The smallest absolute Gasteiger partial charge is 0.310 e. The number of benzene rings is 2. The number of rotatable bonds is 7. The van der Waals surface area contributed by atoms with Crippen molar-refractivity contribution < 1.29 is 23.8 Å². The number of hydrogen-bond acceptors (Lipinski definition) is 5. The molecule has 0 saturated carbocycles. The number of amides is 1. The van der Waals surface area contributed by atoms with E-state index in [0.29, 0.717) is 29.2 Å². The Bertz CT molecular complexity index is 848. The number of carbonyl (C=O) groups is 2. The molecule has 3 rings (SSSR count). The van der Waals surface area contributed by atoms with Crippen LogP contribution in [0.1, 0.15) is 28.8 Å². The van der Waals surface area contributed by atoms with Crippen molar-refractivity contribution in [1.82, 2.24) is 0 Å². The summed E-state index contributed by atoms with van der Waals surface area (Å²) in [5.41, 5.74) is 1.71. The third kappa shape index (κ3) is 5.56. The Morgan fingerprint density at radius 3 is 2.82 bits per heavy atom. The lowest BCUT2D eigenvalue weighted by atomic mass is 10.1. The number of halogens is 1. The molecule has 1 aliphatic heterocycles. The molecule has 0 aliphatic carbocycles. The normalized spacial score (nSPS) is 15.9. The standard InChI is InChI=1S/C21H22BrNO5/c1-26-20(24)11-14-5-2-3-7-19(14)23-21(25)15-9-16(22)12-18(10-15)28-13-17-6-4-8-27-17/h2-3,5,7,9-10,12,17H,4,6,8,11,13H2,1H3,(H,23,25)/t17-/m0/s1. The Morgan fingerprint density at radius 2 is 2.07 bits per heavy atom. The van der Waals surface area contributed by atoms with E-state index in [1.807, 2.05) is 12.1 Å². The van der Waals surface area contributed by atoms with Gasteiger partial charge >= 0.3 is 5.97 Å². The van der Waals surface area contributed by atoms with Crippen LogP contribution in [0.15, 0.2) is 46.9 Å². The molecular formula is C21H22BrNO5. The number of esters is 1. The number of ether oxygens (including phenoxy) is 3. The van der Waals surface area contributed by atoms with E-state index in [-0.39, 0.29) is 24.4 Å². The van der Waals surface area contributed by atoms with Gasteiger partial charge in [-0.15, -0.1) is 0 Å². The molecule has 1 atom stereocenters. The zero-order valence-corrected chi connectivity index (χ0v) is 17.2. The van der Waals surface area contributed by atoms with E-state index >= 15 is 0 Å². The second-order valence-corrected chi connectivity index (χ2v) is 7.40. The van der Waals surface area contributed by atoms with E-state index in [4.69, 9.17) is 14.2 Å². The molecule has 0 aromatic heterocycles.